The second kappa shape index (κ2) is 5.94. The lowest BCUT2D eigenvalue weighted by molar-refractivity contribution is 0.103. The molecule has 0 unspecified atom stereocenters. The highest BCUT2D eigenvalue weighted by Crippen LogP contribution is 2.20. The van der Waals surface area contributed by atoms with Gasteiger partial charge >= 0.3 is 0 Å². The Labute approximate surface area is 118 Å². The van der Waals surface area contributed by atoms with E-state index in [1.54, 1.807) is 36.4 Å². The van der Waals surface area contributed by atoms with E-state index in [-0.39, 0.29) is 5.78 Å². The Morgan fingerprint density at radius 2 is 1.89 bits per heavy atom. The standard InChI is InChI=1S/C15H14BClO2/c1-2-19-12-6-3-10(4-7-12)15(18)13-9-11(16)5-8-14(13)17/h3-9H,2,16H2,1H3. The van der Waals surface area contributed by atoms with E-state index in [0.29, 0.717) is 22.8 Å². The van der Waals surface area contributed by atoms with Gasteiger partial charge in [0.1, 0.15) is 13.6 Å². The maximum atomic E-state index is 12.4. The molecule has 0 aliphatic rings. The molecule has 0 aromatic heterocycles. The second-order valence-corrected chi connectivity index (χ2v) is 4.68. The Kier molecular flexibility index (Phi) is 4.28. The van der Waals surface area contributed by atoms with Crippen LogP contribution in [0.2, 0.25) is 5.02 Å². The highest BCUT2D eigenvalue weighted by molar-refractivity contribution is 6.37. The molecular formula is C15H14BClO2. The number of rotatable bonds is 4. The summed E-state index contributed by atoms with van der Waals surface area (Å²) in [5.74, 6) is 0.686. The summed E-state index contributed by atoms with van der Waals surface area (Å²) in [5.41, 5.74) is 2.15. The molecule has 0 saturated heterocycles. The predicted molar refractivity (Wildman–Crippen MR) is 80.7 cm³/mol. The Hall–Kier alpha value is -1.74. The zero-order valence-electron chi connectivity index (χ0n) is 10.9. The second-order valence-electron chi connectivity index (χ2n) is 4.27. The summed E-state index contributed by atoms with van der Waals surface area (Å²) in [5, 5.41) is 0.476. The van der Waals surface area contributed by atoms with Crippen molar-refractivity contribution in [2.75, 3.05) is 6.61 Å². The van der Waals surface area contributed by atoms with E-state index in [1.165, 1.54) is 0 Å². The van der Waals surface area contributed by atoms with Crippen LogP contribution in [-0.4, -0.2) is 20.2 Å². The fraction of sp³-hybridized carbons (Fsp3) is 0.133. The number of hydrogen-bond acceptors (Lipinski definition) is 2. The van der Waals surface area contributed by atoms with Gasteiger partial charge in [-0.15, -0.1) is 0 Å². The lowest BCUT2D eigenvalue weighted by Gasteiger charge is -2.07. The molecule has 4 heteroatoms. The van der Waals surface area contributed by atoms with Crippen LogP contribution in [0.25, 0.3) is 0 Å². The number of ketones is 1. The molecule has 0 heterocycles. The monoisotopic (exact) mass is 272 g/mol. The van der Waals surface area contributed by atoms with Crippen LogP contribution >= 0.6 is 11.6 Å². The van der Waals surface area contributed by atoms with Crippen molar-refractivity contribution in [1.82, 2.24) is 0 Å². The fourth-order valence-corrected chi connectivity index (χ4v) is 2.04. The average molecular weight is 273 g/mol. The first-order valence-electron chi connectivity index (χ1n) is 6.15. The summed E-state index contributed by atoms with van der Waals surface area (Å²) >= 11 is 6.08. The molecular weight excluding hydrogens is 258 g/mol. The van der Waals surface area contributed by atoms with Crippen LogP contribution in [0, 0.1) is 0 Å². The van der Waals surface area contributed by atoms with Crippen LogP contribution in [0.3, 0.4) is 0 Å². The minimum atomic E-state index is -0.0725. The smallest absolute Gasteiger partial charge is 0.194 e. The first-order chi connectivity index (χ1) is 9.11. The lowest BCUT2D eigenvalue weighted by atomic mass is 9.92. The maximum Gasteiger partial charge on any atom is 0.194 e. The number of halogens is 1. The zero-order chi connectivity index (χ0) is 13.8. The van der Waals surface area contributed by atoms with E-state index in [4.69, 9.17) is 16.3 Å². The Bertz CT molecular complexity index is 594. The van der Waals surface area contributed by atoms with E-state index in [0.717, 1.165) is 11.2 Å². The van der Waals surface area contributed by atoms with Crippen LogP contribution in [-0.2, 0) is 0 Å². The molecule has 0 aliphatic carbocycles. The molecule has 2 nitrogen and oxygen atoms in total. The zero-order valence-corrected chi connectivity index (χ0v) is 11.7. The molecule has 0 atom stereocenters. The molecule has 0 aliphatic heterocycles. The highest BCUT2D eigenvalue weighted by atomic mass is 35.5. The van der Waals surface area contributed by atoms with Crippen molar-refractivity contribution in [3.8, 4) is 5.75 Å². The molecule has 96 valence electrons. The van der Waals surface area contributed by atoms with Gasteiger partial charge in [-0.3, -0.25) is 4.79 Å². The van der Waals surface area contributed by atoms with Gasteiger partial charge in [-0.05, 0) is 37.3 Å². The van der Waals surface area contributed by atoms with Crippen LogP contribution < -0.4 is 10.2 Å². The molecule has 0 radical (unpaired) electrons. The molecule has 0 saturated carbocycles. The van der Waals surface area contributed by atoms with Crippen molar-refractivity contribution in [2.24, 2.45) is 0 Å². The SMILES string of the molecule is Bc1ccc(Cl)c(C(=O)c2ccc(OCC)cc2)c1. The van der Waals surface area contributed by atoms with Gasteiger partial charge in [0.15, 0.2) is 5.78 Å². The quantitative estimate of drug-likeness (QED) is 0.630. The fourth-order valence-electron chi connectivity index (χ4n) is 1.84. The van der Waals surface area contributed by atoms with Gasteiger partial charge in [-0.25, -0.2) is 0 Å². The number of ether oxygens (including phenoxy) is 1. The summed E-state index contributed by atoms with van der Waals surface area (Å²) in [6.45, 7) is 2.53. The summed E-state index contributed by atoms with van der Waals surface area (Å²) in [6, 6.07) is 12.5. The van der Waals surface area contributed by atoms with Crippen molar-refractivity contribution >= 4 is 30.7 Å². The van der Waals surface area contributed by atoms with Gasteiger partial charge in [0.25, 0.3) is 0 Å². The third-order valence-electron chi connectivity index (χ3n) is 2.79. The van der Waals surface area contributed by atoms with Gasteiger partial charge in [-0.1, -0.05) is 29.2 Å². The molecule has 19 heavy (non-hydrogen) atoms. The van der Waals surface area contributed by atoms with Crippen LogP contribution in [0.15, 0.2) is 42.5 Å². The number of carbonyl (C=O) groups is 1. The van der Waals surface area contributed by atoms with Crippen LogP contribution in [0.1, 0.15) is 22.8 Å². The minimum absolute atomic E-state index is 0.0725. The van der Waals surface area contributed by atoms with Crippen LogP contribution in [0.4, 0.5) is 0 Å². The normalized spacial score (nSPS) is 10.2. The molecule has 0 spiro atoms. The van der Waals surface area contributed by atoms with Gasteiger partial charge in [0, 0.05) is 11.1 Å². The first-order valence-corrected chi connectivity index (χ1v) is 6.53. The first kappa shape index (κ1) is 13.7. The van der Waals surface area contributed by atoms with Crippen LogP contribution in [0.5, 0.6) is 5.75 Å². The predicted octanol–water partition coefficient (Wildman–Crippen LogP) is 2.23. The third-order valence-corrected chi connectivity index (χ3v) is 3.12. The van der Waals surface area contributed by atoms with E-state index in [1.807, 2.05) is 20.8 Å². The van der Waals surface area contributed by atoms with E-state index >= 15 is 0 Å². The van der Waals surface area contributed by atoms with Gasteiger partial charge < -0.3 is 4.74 Å². The molecule has 0 fully saturated rings. The summed E-state index contributed by atoms with van der Waals surface area (Å²) in [6.07, 6.45) is 0. The van der Waals surface area contributed by atoms with Crippen molar-refractivity contribution < 1.29 is 9.53 Å². The van der Waals surface area contributed by atoms with Crippen molar-refractivity contribution in [1.29, 1.82) is 0 Å². The molecule has 0 bridgehead atoms. The molecule has 2 aromatic rings. The summed E-state index contributed by atoms with van der Waals surface area (Å²) < 4.78 is 5.35. The molecule has 2 rings (SSSR count). The highest BCUT2D eigenvalue weighted by Gasteiger charge is 2.12. The van der Waals surface area contributed by atoms with Gasteiger partial charge in [0.2, 0.25) is 0 Å². The lowest BCUT2D eigenvalue weighted by Crippen LogP contribution is -2.09. The summed E-state index contributed by atoms with van der Waals surface area (Å²) in [4.78, 5) is 12.4. The van der Waals surface area contributed by atoms with E-state index in [9.17, 15) is 4.79 Å². The number of carbonyl (C=O) groups excluding carboxylic acids is 1. The van der Waals surface area contributed by atoms with Crippen molar-refractivity contribution in [3.05, 3.63) is 58.6 Å². The number of benzene rings is 2. The molecule has 0 N–H and O–H groups in total. The molecule has 2 aromatic carbocycles. The minimum Gasteiger partial charge on any atom is -0.494 e. The van der Waals surface area contributed by atoms with Crippen molar-refractivity contribution in [2.45, 2.75) is 6.92 Å². The van der Waals surface area contributed by atoms with Gasteiger partial charge in [-0.2, -0.15) is 0 Å². The topological polar surface area (TPSA) is 26.3 Å². The Balaban J connectivity index is 2.30. The van der Waals surface area contributed by atoms with E-state index in [2.05, 4.69) is 0 Å². The Morgan fingerprint density at radius 1 is 1.21 bits per heavy atom. The number of hydrogen-bond donors (Lipinski definition) is 0. The molecule has 0 amide bonds. The summed E-state index contributed by atoms with van der Waals surface area (Å²) in [7, 11) is 1.94. The Morgan fingerprint density at radius 3 is 2.53 bits per heavy atom. The maximum absolute atomic E-state index is 12.4. The third kappa shape index (κ3) is 3.18. The largest absolute Gasteiger partial charge is 0.494 e. The van der Waals surface area contributed by atoms with Crippen molar-refractivity contribution in [3.63, 3.8) is 0 Å². The van der Waals surface area contributed by atoms with Gasteiger partial charge in [0.05, 0.1) is 11.6 Å². The average Bonchev–Trinajstić information content (AvgIpc) is 2.42. The van der Waals surface area contributed by atoms with E-state index < -0.39 is 0 Å².